The second-order valence-corrected chi connectivity index (χ2v) is 5.61. The summed E-state index contributed by atoms with van der Waals surface area (Å²) in [6.45, 7) is 4.20. The van der Waals surface area contributed by atoms with Gasteiger partial charge in [0.1, 0.15) is 11.5 Å². The zero-order valence-corrected chi connectivity index (χ0v) is 16.1. The van der Waals surface area contributed by atoms with Crippen molar-refractivity contribution in [3.8, 4) is 11.5 Å². The normalized spacial score (nSPS) is 9.92. The summed E-state index contributed by atoms with van der Waals surface area (Å²) in [5.41, 5.74) is 1.96. The first kappa shape index (κ1) is 21.8. The van der Waals surface area contributed by atoms with Crippen molar-refractivity contribution < 1.29 is 14.3 Å². The van der Waals surface area contributed by atoms with Crippen LogP contribution in [0.5, 0.6) is 11.5 Å². The highest BCUT2D eigenvalue weighted by atomic mass is 35.5. The number of nitrogens with one attached hydrogen (secondary N) is 2. The van der Waals surface area contributed by atoms with Gasteiger partial charge in [0.05, 0.1) is 13.7 Å². The van der Waals surface area contributed by atoms with Crippen LogP contribution < -0.4 is 20.1 Å². The number of methoxy groups -OCH3 is 1. The molecule has 0 fully saturated rings. The van der Waals surface area contributed by atoms with Gasteiger partial charge in [-0.15, -0.1) is 12.4 Å². The van der Waals surface area contributed by atoms with Gasteiger partial charge in [0.2, 0.25) is 5.91 Å². The molecule has 0 saturated carbocycles. The monoisotopic (exact) mass is 378 g/mol. The molecule has 0 spiro atoms. The largest absolute Gasteiger partial charge is 0.497 e. The van der Waals surface area contributed by atoms with Crippen molar-refractivity contribution in [3.63, 3.8) is 0 Å². The number of ether oxygens (including phenoxy) is 2. The van der Waals surface area contributed by atoms with E-state index in [1.54, 1.807) is 7.11 Å². The highest BCUT2D eigenvalue weighted by Crippen LogP contribution is 2.18. The van der Waals surface area contributed by atoms with Crippen molar-refractivity contribution in [2.75, 3.05) is 25.6 Å². The number of amides is 1. The topological polar surface area (TPSA) is 59.6 Å². The number of hydrogen-bond donors (Lipinski definition) is 2. The zero-order valence-electron chi connectivity index (χ0n) is 15.3. The molecule has 2 aromatic carbocycles. The molecule has 0 atom stereocenters. The summed E-state index contributed by atoms with van der Waals surface area (Å²) in [6, 6.07) is 15.3. The van der Waals surface area contributed by atoms with Gasteiger partial charge in [-0.2, -0.15) is 0 Å². The molecule has 0 aliphatic rings. The lowest BCUT2D eigenvalue weighted by Crippen LogP contribution is -2.17. The first-order chi connectivity index (χ1) is 12.2. The van der Waals surface area contributed by atoms with E-state index in [1.165, 1.54) is 0 Å². The van der Waals surface area contributed by atoms with E-state index in [9.17, 15) is 4.79 Å². The predicted molar refractivity (Wildman–Crippen MR) is 107 cm³/mol. The molecular weight excluding hydrogens is 352 g/mol. The van der Waals surface area contributed by atoms with Crippen LogP contribution in [-0.4, -0.2) is 26.2 Å². The summed E-state index contributed by atoms with van der Waals surface area (Å²) in [7, 11) is 1.63. The molecule has 5 nitrogen and oxygen atoms in total. The molecule has 0 aliphatic heterocycles. The minimum atomic E-state index is 0. The molecule has 2 aromatic rings. The van der Waals surface area contributed by atoms with Crippen LogP contribution in [0.2, 0.25) is 0 Å². The van der Waals surface area contributed by atoms with Crippen molar-refractivity contribution in [1.82, 2.24) is 5.32 Å². The summed E-state index contributed by atoms with van der Waals surface area (Å²) < 4.78 is 10.7. The first-order valence-corrected chi connectivity index (χ1v) is 8.58. The van der Waals surface area contributed by atoms with Crippen LogP contribution in [0.1, 0.15) is 25.3 Å². The van der Waals surface area contributed by atoms with Gasteiger partial charge in [-0.25, -0.2) is 0 Å². The van der Waals surface area contributed by atoms with Crippen molar-refractivity contribution in [1.29, 1.82) is 0 Å². The van der Waals surface area contributed by atoms with Gasteiger partial charge in [0.15, 0.2) is 0 Å². The van der Waals surface area contributed by atoms with E-state index in [4.69, 9.17) is 9.47 Å². The van der Waals surface area contributed by atoms with Gasteiger partial charge in [-0.1, -0.05) is 25.1 Å². The van der Waals surface area contributed by atoms with Crippen LogP contribution in [0, 0.1) is 0 Å². The fourth-order valence-electron chi connectivity index (χ4n) is 2.36. The fourth-order valence-corrected chi connectivity index (χ4v) is 2.36. The summed E-state index contributed by atoms with van der Waals surface area (Å²) in [5.74, 6) is 1.57. The molecule has 0 heterocycles. The van der Waals surface area contributed by atoms with Crippen LogP contribution >= 0.6 is 12.4 Å². The average Bonchev–Trinajstić information content (AvgIpc) is 2.65. The summed E-state index contributed by atoms with van der Waals surface area (Å²) >= 11 is 0. The second-order valence-electron chi connectivity index (χ2n) is 5.61. The molecular formula is C20H27ClN2O3. The zero-order chi connectivity index (χ0) is 17.9. The van der Waals surface area contributed by atoms with Gasteiger partial charge >= 0.3 is 0 Å². The Balaban J connectivity index is 0.00000338. The maximum atomic E-state index is 12.1. The Kier molecular flexibility index (Phi) is 10.2. The molecule has 0 unspecified atom stereocenters. The molecule has 0 aromatic heterocycles. The minimum Gasteiger partial charge on any atom is -0.497 e. The molecule has 0 aliphatic carbocycles. The van der Waals surface area contributed by atoms with E-state index in [2.05, 4.69) is 17.6 Å². The molecule has 0 radical (unpaired) electrons. The molecule has 142 valence electrons. The lowest BCUT2D eigenvalue weighted by Gasteiger charge is -2.11. The number of carbonyl (C=O) groups excluding carboxylic acids is 1. The fraction of sp³-hybridized carbons (Fsp3) is 0.350. The van der Waals surface area contributed by atoms with Crippen LogP contribution in [0.25, 0.3) is 0 Å². The van der Waals surface area contributed by atoms with Gasteiger partial charge in [0, 0.05) is 18.7 Å². The van der Waals surface area contributed by atoms with Gasteiger partial charge < -0.3 is 20.1 Å². The minimum absolute atomic E-state index is 0. The Morgan fingerprint density at radius 1 is 1.04 bits per heavy atom. The third kappa shape index (κ3) is 7.33. The smallest absolute Gasteiger partial charge is 0.224 e. The Hall–Kier alpha value is -2.24. The van der Waals surface area contributed by atoms with Gasteiger partial charge in [0.25, 0.3) is 0 Å². The molecule has 1 amide bonds. The van der Waals surface area contributed by atoms with Crippen LogP contribution in [0.4, 0.5) is 5.69 Å². The number of carbonyl (C=O) groups is 1. The van der Waals surface area contributed by atoms with E-state index >= 15 is 0 Å². The number of anilines is 1. The lowest BCUT2D eigenvalue weighted by atomic mass is 10.1. The van der Waals surface area contributed by atoms with Crippen molar-refractivity contribution in [2.45, 2.75) is 26.3 Å². The Bertz CT molecular complexity index is 662. The van der Waals surface area contributed by atoms with Crippen molar-refractivity contribution >= 4 is 24.0 Å². The standard InChI is InChI=1S/C20H26N2O3.ClH/c1-3-21-15-16-7-4-5-8-19(16)22-20(23)9-6-14-25-18-12-10-17(24-2)11-13-18;/h4-5,7-8,10-13,21H,3,6,9,14-15H2,1-2H3,(H,22,23);1H. The molecule has 26 heavy (non-hydrogen) atoms. The summed E-state index contributed by atoms with van der Waals surface area (Å²) in [4.78, 5) is 12.1. The number of para-hydroxylation sites is 1. The Morgan fingerprint density at radius 3 is 2.42 bits per heavy atom. The summed E-state index contributed by atoms with van der Waals surface area (Å²) in [6.07, 6.45) is 1.08. The van der Waals surface area contributed by atoms with Crippen LogP contribution in [0.15, 0.2) is 48.5 Å². The quantitative estimate of drug-likeness (QED) is 0.613. The molecule has 2 rings (SSSR count). The first-order valence-electron chi connectivity index (χ1n) is 8.58. The number of benzene rings is 2. The Morgan fingerprint density at radius 2 is 1.73 bits per heavy atom. The van der Waals surface area contributed by atoms with Crippen LogP contribution in [0.3, 0.4) is 0 Å². The number of hydrogen-bond acceptors (Lipinski definition) is 4. The van der Waals surface area contributed by atoms with E-state index in [1.807, 2.05) is 48.5 Å². The number of rotatable bonds is 10. The van der Waals surface area contributed by atoms with Crippen molar-refractivity contribution in [3.05, 3.63) is 54.1 Å². The van der Waals surface area contributed by atoms with E-state index in [-0.39, 0.29) is 18.3 Å². The van der Waals surface area contributed by atoms with E-state index in [0.29, 0.717) is 19.4 Å². The third-order valence-electron chi connectivity index (χ3n) is 3.73. The maximum absolute atomic E-state index is 12.1. The van der Waals surface area contributed by atoms with Gasteiger partial charge in [-0.05, 0) is 48.9 Å². The average molecular weight is 379 g/mol. The molecule has 6 heteroatoms. The number of halogens is 1. The lowest BCUT2D eigenvalue weighted by molar-refractivity contribution is -0.116. The highest BCUT2D eigenvalue weighted by molar-refractivity contribution is 5.91. The third-order valence-corrected chi connectivity index (χ3v) is 3.73. The van der Waals surface area contributed by atoms with E-state index < -0.39 is 0 Å². The summed E-state index contributed by atoms with van der Waals surface area (Å²) in [5, 5.41) is 6.26. The van der Waals surface area contributed by atoms with Crippen LogP contribution in [-0.2, 0) is 11.3 Å². The SMILES string of the molecule is CCNCc1ccccc1NC(=O)CCCOc1ccc(OC)cc1.Cl. The molecule has 0 bridgehead atoms. The molecule has 2 N–H and O–H groups in total. The maximum Gasteiger partial charge on any atom is 0.224 e. The molecule has 0 saturated heterocycles. The van der Waals surface area contributed by atoms with Crippen molar-refractivity contribution in [2.24, 2.45) is 0 Å². The second kappa shape index (κ2) is 12.2. The van der Waals surface area contributed by atoms with Gasteiger partial charge in [-0.3, -0.25) is 4.79 Å². The van der Waals surface area contributed by atoms with E-state index in [0.717, 1.165) is 35.8 Å². The Labute approximate surface area is 161 Å². The predicted octanol–water partition coefficient (Wildman–Crippen LogP) is 4.02. The highest BCUT2D eigenvalue weighted by Gasteiger charge is 2.06.